The van der Waals surface area contributed by atoms with E-state index in [9.17, 15) is 21.6 Å². The standard InChI is InChI=1S/C8H9F3N2O2S/c1-5(8(9,10)11)7-6(16(12,14)15)3-2-4-13-7/h2-5H,1H3,(H2,12,14,15)/t5-/m1/s1. The second kappa shape index (κ2) is 4.02. The molecule has 90 valence electrons. The summed E-state index contributed by atoms with van der Waals surface area (Å²) in [6.07, 6.45) is -3.47. The molecule has 0 fully saturated rings. The molecule has 0 amide bonds. The molecule has 0 aliphatic rings. The fourth-order valence-corrected chi connectivity index (χ4v) is 1.91. The fourth-order valence-electron chi connectivity index (χ4n) is 1.12. The number of alkyl halides is 3. The Balaban J connectivity index is 3.36. The first kappa shape index (κ1) is 12.9. The molecule has 1 rings (SSSR count). The molecule has 8 heteroatoms. The molecular formula is C8H9F3N2O2S. The molecule has 1 aromatic heterocycles. The maximum atomic E-state index is 12.4. The van der Waals surface area contributed by atoms with Gasteiger partial charge in [0, 0.05) is 6.20 Å². The number of pyridine rings is 1. The zero-order valence-electron chi connectivity index (χ0n) is 8.19. The molecule has 0 radical (unpaired) electrons. The van der Waals surface area contributed by atoms with Gasteiger partial charge in [0.2, 0.25) is 10.0 Å². The van der Waals surface area contributed by atoms with Crippen LogP contribution in [-0.4, -0.2) is 19.6 Å². The molecule has 1 heterocycles. The summed E-state index contributed by atoms with van der Waals surface area (Å²) < 4.78 is 59.4. The van der Waals surface area contributed by atoms with Crippen LogP contribution in [0.2, 0.25) is 0 Å². The van der Waals surface area contributed by atoms with Gasteiger partial charge in [-0.05, 0) is 19.1 Å². The Morgan fingerprint density at radius 1 is 1.44 bits per heavy atom. The third kappa shape index (κ3) is 2.70. The van der Waals surface area contributed by atoms with Gasteiger partial charge < -0.3 is 0 Å². The molecule has 16 heavy (non-hydrogen) atoms. The molecule has 0 unspecified atom stereocenters. The van der Waals surface area contributed by atoms with E-state index < -0.39 is 32.7 Å². The van der Waals surface area contributed by atoms with Crippen molar-refractivity contribution in [2.24, 2.45) is 5.14 Å². The minimum atomic E-state index is -4.56. The first-order valence-corrected chi connectivity index (χ1v) is 5.73. The minimum absolute atomic E-state index is 0.586. The summed E-state index contributed by atoms with van der Waals surface area (Å²) in [5.74, 6) is -1.98. The van der Waals surface area contributed by atoms with Gasteiger partial charge in [0.05, 0.1) is 11.6 Å². The lowest BCUT2D eigenvalue weighted by molar-refractivity contribution is -0.147. The van der Waals surface area contributed by atoms with Crippen LogP contribution in [0.1, 0.15) is 18.5 Å². The largest absolute Gasteiger partial charge is 0.397 e. The van der Waals surface area contributed by atoms with Crippen molar-refractivity contribution in [3.05, 3.63) is 24.0 Å². The average Bonchev–Trinajstić information content (AvgIpc) is 2.14. The van der Waals surface area contributed by atoms with Crippen molar-refractivity contribution in [2.45, 2.75) is 23.9 Å². The van der Waals surface area contributed by atoms with Gasteiger partial charge >= 0.3 is 6.18 Å². The number of hydrogen-bond acceptors (Lipinski definition) is 3. The van der Waals surface area contributed by atoms with Crippen LogP contribution in [0, 0.1) is 0 Å². The number of primary sulfonamides is 1. The summed E-state index contributed by atoms with van der Waals surface area (Å²) in [4.78, 5) is 2.83. The van der Waals surface area contributed by atoms with E-state index in [1.54, 1.807) is 0 Å². The summed E-state index contributed by atoms with van der Waals surface area (Å²) in [5.41, 5.74) is -0.586. The van der Waals surface area contributed by atoms with Gasteiger partial charge in [-0.1, -0.05) is 0 Å². The number of aromatic nitrogens is 1. The lowest BCUT2D eigenvalue weighted by atomic mass is 10.1. The maximum absolute atomic E-state index is 12.4. The third-order valence-corrected chi connectivity index (χ3v) is 2.97. The summed E-state index contributed by atoms with van der Waals surface area (Å²) in [6.45, 7) is 0.830. The van der Waals surface area contributed by atoms with Crippen molar-refractivity contribution in [3.63, 3.8) is 0 Å². The molecule has 0 aromatic carbocycles. The number of sulfonamides is 1. The Kier molecular flexibility index (Phi) is 3.25. The van der Waals surface area contributed by atoms with Crippen molar-refractivity contribution < 1.29 is 21.6 Å². The predicted octanol–water partition coefficient (Wildman–Crippen LogP) is 1.39. The number of nitrogens with zero attached hydrogens (tertiary/aromatic N) is 1. The molecule has 0 spiro atoms. The second-order valence-corrected chi connectivity index (χ2v) is 4.72. The summed E-state index contributed by atoms with van der Waals surface area (Å²) in [6, 6.07) is 2.21. The van der Waals surface area contributed by atoms with Gasteiger partial charge in [-0.2, -0.15) is 13.2 Å². The molecule has 1 atom stereocenters. The lowest BCUT2D eigenvalue weighted by Gasteiger charge is -2.16. The van der Waals surface area contributed by atoms with Crippen molar-refractivity contribution in [1.82, 2.24) is 4.98 Å². The zero-order valence-corrected chi connectivity index (χ0v) is 9.01. The Hall–Kier alpha value is -1.15. The normalized spacial score (nSPS) is 14.8. The Morgan fingerprint density at radius 3 is 2.44 bits per heavy atom. The third-order valence-electron chi connectivity index (χ3n) is 2.01. The van der Waals surface area contributed by atoms with Crippen molar-refractivity contribution in [3.8, 4) is 0 Å². The van der Waals surface area contributed by atoms with E-state index in [-0.39, 0.29) is 0 Å². The molecule has 0 bridgehead atoms. The minimum Gasteiger partial charge on any atom is -0.259 e. The van der Waals surface area contributed by atoms with Crippen molar-refractivity contribution in [1.29, 1.82) is 0 Å². The van der Waals surface area contributed by atoms with Gasteiger partial charge in [-0.25, -0.2) is 13.6 Å². The van der Waals surface area contributed by atoms with Crippen LogP contribution in [0.3, 0.4) is 0 Å². The van der Waals surface area contributed by atoms with Crippen LogP contribution < -0.4 is 5.14 Å². The molecule has 0 aliphatic heterocycles. The van der Waals surface area contributed by atoms with Crippen molar-refractivity contribution in [2.75, 3.05) is 0 Å². The summed E-state index contributed by atoms with van der Waals surface area (Å²) in [7, 11) is -4.20. The highest BCUT2D eigenvalue weighted by Gasteiger charge is 2.40. The number of halogens is 3. The fraction of sp³-hybridized carbons (Fsp3) is 0.375. The predicted molar refractivity (Wildman–Crippen MR) is 50.1 cm³/mol. The monoisotopic (exact) mass is 254 g/mol. The van der Waals surface area contributed by atoms with E-state index >= 15 is 0 Å². The molecule has 0 saturated heterocycles. The first-order chi connectivity index (χ1) is 7.14. The average molecular weight is 254 g/mol. The van der Waals surface area contributed by atoms with Gasteiger partial charge in [-0.3, -0.25) is 4.98 Å². The van der Waals surface area contributed by atoms with Crippen LogP contribution in [0.25, 0.3) is 0 Å². The van der Waals surface area contributed by atoms with Gasteiger partial charge in [0.15, 0.2) is 0 Å². The van der Waals surface area contributed by atoms with Crippen LogP contribution in [0.4, 0.5) is 13.2 Å². The van der Waals surface area contributed by atoms with E-state index in [0.717, 1.165) is 19.2 Å². The Labute approximate surface area is 90.3 Å². The molecule has 0 saturated carbocycles. The molecule has 0 aliphatic carbocycles. The lowest BCUT2D eigenvalue weighted by Crippen LogP contribution is -2.23. The van der Waals surface area contributed by atoms with Gasteiger partial charge in [0.1, 0.15) is 4.90 Å². The number of rotatable bonds is 2. The van der Waals surface area contributed by atoms with Crippen LogP contribution >= 0.6 is 0 Å². The first-order valence-electron chi connectivity index (χ1n) is 4.18. The van der Waals surface area contributed by atoms with E-state index in [4.69, 9.17) is 5.14 Å². The summed E-state index contributed by atoms with van der Waals surface area (Å²) >= 11 is 0. The van der Waals surface area contributed by atoms with E-state index in [1.807, 2.05) is 0 Å². The smallest absolute Gasteiger partial charge is 0.259 e. The molecule has 4 nitrogen and oxygen atoms in total. The number of nitrogens with two attached hydrogens (primary N) is 1. The van der Waals surface area contributed by atoms with Crippen LogP contribution in [0.5, 0.6) is 0 Å². The number of hydrogen-bond donors (Lipinski definition) is 1. The molecular weight excluding hydrogens is 245 g/mol. The van der Waals surface area contributed by atoms with E-state index in [1.165, 1.54) is 6.07 Å². The SMILES string of the molecule is C[C@H](c1ncccc1S(N)(=O)=O)C(F)(F)F. The molecule has 1 aromatic rings. The van der Waals surface area contributed by atoms with Gasteiger partial charge in [-0.15, -0.1) is 0 Å². The maximum Gasteiger partial charge on any atom is 0.397 e. The second-order valence-electron chi connectivity index (χ2n) is 3.20. The van der Waals surface area contributed by atoms with E-state index in [2.05, 4.69) is 4.98 Å². The van der Waals surface area contributed by atoms with E-state index in [0.29, 0.717) is 0 Å². The summed E-state index contributed by atoms with van der Waals surface area (Å²) in [5, 5.41) is 4.80. The zero-order chi connectivity index (χ0) is 12.6. The van der Waals surface area contributed by atoms with Gasteiger partial charge in [0.25, 0.3) is 0 Å². The highest BCUT2D eigenvalue weighted by molar-refractivity contribution is 7.89. The van der Waals surface area contributed by atoms with Crippen molar-refractivity contribution >= 4 is 10.0 Å². The van der Waals surface area contributed by atoms with Crippen LogP contribution in [0.15, 0.2) is 23.2 Å². The Bertz CT molecular complexity index is 484. The van der Waals surface area contributed by atoms with Crippen LogP contribution in [-0.2, 0) is 10.0 Å². The quantitative estimate of drug-likeness (QED) is 0.866. The highest BCUT2D eigenvalue weighted by atomic mass is 32.2. The highest BCUT2D eigenvalue weighted by Crippen LogP contribution is 2.35. The Morgan fingerprint density at radius 2 is 2.00 bits per heavy atom. The molecule has 2 N–H and O–H groups in total. The topological polar surface area (TPSA) is 73.0 Å².